The Morgan fingerprint density at radius 3 is 2.50 bits per heavy atom. The number of rotatable bonds is 3. The van der Waals surface area contributed by atoms with Gasteiger partial charge in [-0.05, 0) is 6.07 Å². The molecule has 6 nitrogen and oxygen atoms in total. The van der Waals surface area contributed by atoms with Crippen molar-refractivity contribution in [2.24, 2.45) is 0 Å². The van der Waals surface area contributed by atoms with Crippen LogP contribution in [0.15, 0.2) is 17.1 Å². The molecular weight excluding hydrogens is 351 g/mol. The summed E-state index contributed by atoms with van der Waals surface area (Å²) in [7, 11) is 0. The Morgan fingerprint density at radius 1 is 1.27 bits per heavy atom. The zero-order chi connectivity index (χ0) is 18.3. The maximum absolute atomic E-state index is 15.3. The maximum Gasteiger partial charge on any atom is 0.341 e. The van der Waals surface area contributed by atoms with Crippen molar-refractivity contribution >= 4 is 22.6 Å². The van der Waals surface area contributed by atoms with Gasteiger partial charge in [-0.25, -0.2) is 18.0 Å². The summed E-state index contributed by atoms with van der Waals surface area (Å²) in [6.07, 6.45) is -0.190. The number of benzene rings is 1. The summed E-state index contributed by atoms with van der Waals surface area (Å²) in [6, 6.07) is 0.503. The fraction of sp³-hybridized carbons (Fsp3) is 0.412. The van der Waals surface area contributed by atoms with E-state index in [1.54, 1.807) is 4.90 Å². The second-order valence-electron chi connectivity index (χ2n) is 7.11. The van der Waals surface area contributed by atoms with E-state index in [0.29, 0.717) is 13.1 Å². The largest absolute Gasteiger partial charge is 0.477 e. The molecule has 3 heterocycles. The third-order valence-electron chi connectivity index (χ3n) is 5.41. The van der Waals surface area contributed by atoms with Crippen molar-refractivity contribution in [3.8, 4) is 0 Å². The highest BCUT2D eigenvalue weighted by molar-refractivity contribution is 5.94. The molecule has 2 N–H and O–H groups in total. The van der Waals surface area contributed by atoms with Gasteiger partial charge in [-0.3, -0.25) is 4.79 Å². The lowest BCUT2D eigenvalue weighted by molar-refractivity contribution is 0.0694. The predicted octanol–water partition coefficient (Wildman–Crippen LogP) is 1.42. The smallest absolute Gasteiger partial charge is 0.341 e. The first kappa shape index (κ1) is 15.7. The molecule has 9 heteroatoms. The molecule has 1 saturated carbocycles. The number of aromatic carboxylic acids is 1. The number of anilines is 1. The standard InChI is InChI=1S/C17H14F3N3O3/c18-8-2-12(8)23-3-7(17(25)26)16(24)6-1-9(19)15(13(20)14(6)23)22-4-10-11(5-22)21-10/h1,3,8,10-12,21H,2,4-5H2,(H,25,26). The molecule has 2 aliphatic heterocycles. The van der Waals surface area contributed by atoms with Crippen LogP contribution in [0.4, 0.5) is 18.9 Å². The summed E-state index contributed by atoms with van der Waals surface area (Å²) < 4.78 is 44.7. The van der Waals surface area contributed by atoms with E-state index in [1.807, 2.05) is 0 Å². The maximum atomic E-state index is 15.3. The van der Waals surface area contributed by atoms with E-state index in [9.17, 15) is 23.5 Å². The van der Waals surface area contributed by atoms with Crippen LogP contribution in [0.3, 0.4) is 0 Å². The molecule has 4 atom stereocenters. The van der Waals surface area contributed by atoms with Gasteiger partial charge in [-0.1, -0.05) is 0 Å². The zero-order valence-corrected chi connectivity index (χ0v) is 13.4. The number of fused-ring (bicyclic) bond motifs is 2. The highest BCUT2D eigenvalue weighted by Gasteiger charge is 2.46. The first-order valence-corrected chi connectivity index (χ1v) is 8.32. The molecule has 3 fully saturated rings. The van der Waals surface area contributed by atoms with Crippen molar-refractivity contribution in [1.82, 2.24) is 9.88 Å². The Morgan fingerprint density at radius 2 is 1.92 bits per heavy atom. The third kappa shape index (κ3) is 2.09. The molecule has 0 amide bonds. The molecule has 2 saturated heterocycles. The van der Waals surface area contributed by atoms with Crippen molar-refractivity contribution < 1.29 is 23.1 Å². The van der Waals surface area contributed by atoms with Crippen LogP contribution in [0.1, 0.15) is 22.8 Å². The second-order valence-corrected chi connectivity index (χ2v) is 7.11. The van der Waals surface area contributed by atoms with Crippen molar-refractivity contribution in [1.29, 1.82) is 0 Å². The minimum absolute atomic E-state index is 0.0982. The second kappa shape index (κ2) is 5.00. The summed E-state index contributed by atoms with van der Waals surface area (Å²) in [5.41, 5.74) is -2.10. The van der Waals surface area contributed by atoms with E-state index in [1.165, 1.54) is 0 Å². The molecule has 0 bridgehead atoms. The fourth-order valence-electron chi connectivity index (χ4n) is 3.89. The number of aromatic nitrogens is 1. The number of piperazine rings is 1. The number of hydrogen-bond acceptors (Lipinski definition) is 4. The average molecular weight is 365 g/mol. The number of carboxylic acid groups (broad SMARTS) is 1. The van der Waals surface area contributed by atoms with Gasteiger partial charge >= 0.3 is 5.97 Å². The highest BCUT2D eigenvalue weighted by atomic mass is 19.1. The minimum atomic E-state index is -1.52. The number of alkyl halides is 1. The highest BCUT2D eigenvalue weighted by Crippen LogP contribution is 2.42. The molecule has 1 aromatic carbocycles. The van der Waals surface area contributed by atoms with Crippen LogP contribution in [-0.2, 0) is 0 Å². The molecule has 5 rings (SSSR count). The Bertz CT molecular complexity index is 1030. The quantitative estimate of drug-likeness (QED) is 0.804. The van der Waals surface area contributed by atoms with Gasteiger partial charge in [0, 0.05) is 37.8 Å². The van der Waals surface area contributed by atoms with Crippen molar-refractivity contribution in [2.75, 3.05) is 18.0 Å². The lowest BCUT2D eigenvalue weighted by Crippen LogP contribution is -2.29. The van der Waals surface area contributed by atoms with E-state index in [2.05, 4.69) is 5.32 Å². The summed E-state index contributed by atoms with van der Waals surface area (Å²) in [5, 5.41) is 12.0. The van der Waals surface area contributed by atoms with Crippen LogP contribution in [0.5, 0.6) is 0 Å². The van der Waals surface area contributed by atoms with E-state index in [0.717, 1.165) is 16.8 Å². The number of halogens is 3. The van der Waals surface area contributed by atoms with E-state index in [-0.39, 0.29) is 35.1 Å². The molecular formula is C17H14F3N3O3. The van der Waals surface area contributed by atoms with Crippen molar-refractivity contribution in [3.63, 3.8) is 0 Å². The van der Waals surface area contributed by atoms with Crippen molar-refractivity contribution in [3.05, 3.63) is 39.7 Å². The molecule has 4 unspecified atom stereocenters. The minimum Gasteiger partial charge on any atom is -0.477 e. The molecule has 3 aliphatic rings. The van der Waals surface area contributed by atoms with E-state index in [4.69, 9.17) is 0 Å². The summed E-state index contributed by atoms with van der Waals surface area (Å²) >= 11 is 0. The Hall–Kier alpha value is -2.55. The third-order valence-corrected chi connectivity index (χ3v) is 5.41. The SMILES string of the molecule is O=C(O)c1cn(C2CC2F)c2c(F)c(N3CC4NC4C3)c(F)cc2c1=O. The summed E-state index contributed by atoms with van der Waals surface area (Å²) in [6.45, 7) is 0.882. The van der Waals surface area contributed by atoms with Gasteiger partial charge in [-0.2, -0.15) is 0 Å². The molecule has 1 aromatic heterocycles. The van der Waals surface area contributed by atoms with E-state index < -0.39 is 40.8 Å². The number of carboxylic acids is 1. The molecule has 0 radical (unpaired) electrons. The van der Waals surface area contributed by atoms with Gasteiger partial charge in [0.15, 0.2) is 5.82 Å². The average Bonchev–Trinajstić information content (AvgIpc) is 3.46. The molecule has 1 aliphatic carbocycles. The van der Waals surface area contributed by atoms with Gasteiger partial charge in [0.2, 0.25) is 5.43 Å². The van der Waals surface area contributed by atoms with Crippen LogP contribution in [-0.4, -0.2) is 47.0 Å². The molecule has 2 aromatic rings. The predicted molar refractivity (Wildman–Crippen MR) is 86.6 cm³/mol. The summed E-state index contributed by atoms with van der Waals surface area (Å²) in [5.74, 6) is -3.39. The fourth-order valence-corrected chi connectivity index (χ4v) is 3.89. The lowest BCUT2D eigenvalue weighted by atomic mass is 10.1. The molecule has 0 spiro atoms. The number of pyridine rings is 1. The first-order valence-electron chi connectivity index (χ1n) is 8.32. The van der Waals surface area contributed by atoms with Gasteiger partial charge in [0.05, 0.1) is 16.9 Å². The summed E-state index contributed by atoms with van der Waals surface area (Å²) in [4.78, 5) is 25.3. The van der Waals surface area contributed by atoms with E-state index >= 15 is 4.39 Å². The normalized spacial score (nSPS) is 29.1. The van der Waals surface area contributed by atoms with Gasteiger partial charge < -0.3 is 19.9 Å². The van der Waals surface area contributed by atoms with Crippen molar-refractivity contribution in [2.45, 2.75) is 30.7 Å². The van der Waals surface area contributed by atoms with Crippen LogP contribution in [0.25, 0.3) is 10.9 Å². The van der Waals surface area contributed by atoms with Crippen LogP contribution >= 0.6 is 0 Å². The number of carbonyl (C=O) groups is 1. The van der Waals surface area contributed by atoms with Crippen LogP contribution in [0, 0.1) is 11.6 Å². The number of nitrogens with one attached hydrogen (secondary N) is 1. The van der Waals surface area contributed by atoms with Gasteiger partial charge in [-0.15, -0.1) is 0 Å². The molecule has 26 heavy (non-hydrogen) atoms. The molecule has 136 valence electrons. The van der Waals surface area contributed by atoms with Crippen LogP contribution in [0.2, 0.25) is 0 Å². The first-order chi connectivity index (χ1) is 12.4. The topological polar surface area (TPSA) is 84.5 Å². The Balaban J connectivity index is 1.79. The van der Waals surface area contributed by atoms with Gasteiger partial charge in [0.1, 0.15) is 23.2 Å². The van der Waals surface area contributed by atoms with Crippen LogP contribution < -0.4 is 15.6 Å². The zero-order valence-electron chi connectivity index (χ0n) is 13.4. The number of hydrogen-bond donors (Lipinski definition) is 2. The number of nitrogens with zero attached hydrogens (tertiary/aromatic N) is 2. The lowest BCUT2D eigenvalue weighted by Gasteiger charge is -2.23. The Labute approximate surface area is 144 Å². The Kier molecular flexibility index (Phi) is 3.02. The monoisotopic (exact) mass is 365 g/mol. The van der Waals surface area contributed by atoms with Gasteiger partial charge in [0.25, 0.3) is 0 Å².